The molecule has 1 saturated heterocycles. The fourth-order valence-corrected chi connectivity index (χ4v) is 1.35. The molecule has 0 aliphatic carbocycles. The lowest BCUT2D eigenvalue weighted by atomic mass is 10.1. The Morgan fingerprint density at radius 1 is 1.67 bits per heavy atom. The maximum absolute atomic E-state index is 12.1. The van der Waals surface area contributed by atoms with Gasteiger partial charge in [-0.05, 0) is 6.42 Å². The average Bonchev–Trinajstić information content (AvgIpc) is 2.51. The van der Waals surface area contributed by atoms with E-state index < -0.39 is 12.3 Å². The SMILES string of the molecule is NCC(=O)N1CC[C@H](C(F)F)C1. The summed E-state index contributed by atoms with van der Waals surface area (Å²) in [5.74, 6) is -0.890. The molecule has 1 amide bonds. The first kappa shape index (κ1) is 9.38. The molecule has 1 rings (SSSR count). The van der Waals surface area contributed by atoms with Crippen molar-refractivity contribution >= 4 is 5.91 Å². The topological polar surface area (TPSA) is 46.3 Å². The number of carbonyl (C=O) groups excluding carboxylic acids is 1. The zero-order valence-corrected chi connectivity index (χ0v) is 6.67. The lowest BCUT2D eigenvalue weighted by Crippen LogP contribution is -2.34. The summed E-state index contributed by atoms with van der Waals surface area (Å²) in [6, 6.07) is 0. The Morgan fingerprint density at radius 3 is 2.75 bits per heavy atom. The van der Waals surface area contributed by atoms with Crippen LogP contribution in [-0.2, 0) is 4.79 Å². The molecule has 0 aromatic heterocycles. The third-order valence-corrected chi connectivity index (χ3v) is 2.11. The van der Waals surface area contributed by atoms with E-state index in [1.807, 2.05) is 0 Å². The van der Waals surface area contributed by atoms with Gasteiger partial charge in [0, 0.05) is 19.0 Å². The van der Waals surface area contributed by atoms with Gasteiger partial charge in [-0.3, -0.25) is 4.79 Å². The van der Waals surface area contributed by atoms with Crippen molar-refractivity contribution in [2.75, 3.05) is 19.6 Å². The summed E-state index contributed by atoms with van der Waals surface area (Å²) in [5, 5.41) is 0. The van der Waals surface area contributed by atoms with Gasteiger partial charge in [-0.2, -0.15) is 0 Å². The fourth-order valence-electron chi connectivity index (χ4n) is 1.35. The molecule has 0 radical (unpaired) electrons. The van der Waals surface area contributed by atoms with Gasteiger partial charge >= 0.3 is 0 Å². The summed E-state index contributed by atoms with van der Waals surface area (Å²) in [4.78, 5) is 12.3. The molecule has 1 heterocycles. The van der Waals surface area contributed by atoms with Crippen LogP contribution in [0.4, 0.5) is 8.78 Å². The highest BCUT2D eigenvalue weighted by atomic mass is 19.3. The van der Waals surface area contributed by atoms with E-state index in [0.29, 0.717) is 13.0 Å². The molecule has 3 nitrogen and oxygen atoms in total. The number of nitrogens with two attached hydrogens (primary N) is 1. The molecule has 1 fully saturated rings. The Kier molecular flexibility index (Phi) is 2.97. The first-order valence-corrected chi connectivity index (χ1v) is 3.91. The second kappa shape index (κ2) is 3.80. The van der Waals surface area contributed by atoms with Crippen molar-refractivity contribution in [3.05, 3.63) is 0 Å². The van der Waals surface area contributed by atoms with Crippen LogP contribution in [0.3, 0.4) is 0 Å². The highest BCUT2D eigenvalue weighted by molar-refractivity contribution is 5.78. The molecule has 2 N–H and O–H groups in total. The lowest BCUT2D eigenvalue weighted by Gasteiger charge is -2.14. The Labute approximate surface area is 69.5 Å². The van der Waals surface area contributed by atoms with E-state index in [1.54, 1.807) is 0 Å². The van der Waals surface area contributed by atoms with Gasteiger partial charge in [-0.1, -0.05) is 0 Å². The van der Waals surface area contributed by atoms with Crippen LogP contribution in [0, 0.1) is 5.92 Å². The van der Waals surface area contributed by atoms with Crippen LogP contribution in [0.25, 0.3) is 0 Å². The van der Waals surface area contributed by atoms with Crippen molar-refractivity contribution < 1.29 is 13.6 Å². The van der Waals surface area contributed by atoms with E-state index in [0.717, 1.165) is 0 Å². The van der Waals surface area contributed by atoms with Gasteiger partial charge in [0.25, 0.3) is 0 Å². The van der Waals surface area contributed by atoms with Crippen LogP contribution in [-0.4, -0.2) is 36.9 Å². The molecule has 1 aliphatic rings. The number of amides is 1. The van der Waals surface area contributed by atoms with Crippen LogP contribution >= 0.6 is 0 Å². The Hall–Kier alpha value is -0.710. The van der Waals surface area contributed by atoms with Gasteiger partial charge in [0.15, 0.2) is 0 Å². The van der Waals surface area contributed by atoms with Crippen molar-refractivity contribution in [1.29, 1.82) is 0 Å². The zero-order chi connectivity index (χ0) is 9.14. The van der Waals surface area contributed by atoms with Crippen LogP contribution in [0.2, 0.25) is 0 Å². The standard InChI is InChI=1S/C7H12F2N2O/c8-7(9)5-1-2-11(4-5)6(12)3-10/h5,7H,1-4,10H2/t5-/m0/s1. The summed E-state index contributed by atoms with van der Waals surface area (Å²) in [6.45, 7) is 0.495. The number of nitrogens with zero attached hydrogens (tertiary/aromatic N) is 1. The minimum Gasteiger partial charge on any atom is -0.341 e. The van der Waals surface area contributed by atoms with Gasteiger partial charge in [0.2, 0.25) is 12.3 Å². The minimum atomic E-state index is -2.32. The number of carbonyl (C=O) groups is 1. The summed E-state index contributed by atoms with van der Waals surface area (Å²) in [5.41, 5.74) is 5.09. The number of likely N-dealkylation sites (tertiary alicyclic amines) is 1. The molecule has 5 heteroatoms. The van der Waals surface area contributed by atoms with E-state index in [2.05, 4.69) is 0 Å². The van der Waals surface area contributed by atoms with E-state index in [9.17, 15) is 13.6 Å². The number of hydrogen-bond acceptors (Lipinski definition) is 2. The Bertz CT molecular complexity index is 175. The molecule has 0 aromatic carbocycles. The average molecular weight is 178 g/mol. The monoisotopic (exact) mass is 178 g/mol. The molecule has 1 atom stereocenters. The second-order valence-corrected chi connectivity index (χ2v) is 2.93. The Balaban J connectivity index is 2.40. The molecule has 0 bridgehead atoms. The third kappa shape index (κ3) is 1.91. The number of hydrogen-bond donors (Lipinski definition) is 1. The molecule has 70 valence electrons. The van der Waals surface area contributed by atoms with Crippen molar-refractivity contribution in [3.8, 4) is 0 Å². The minimum absolute atomic E-state index is 0.0873. The first-order valence-electron chi connectivity index (χ1n) is 3.91. The highest BCUT2D eigenvalue weighted by Crippen LogP contribution is 2.22. The number of rotatable bonds is 2. The van der Waals surface area contributed by atoms with E-state index in [4.69, 9.17) is 5.73 Å². The normalized spacial score (nSPS) is 23.7. The number of halogens is 2. The molecular weight excluding hydrogens is 166 g/mol. The molecule has 1 aliphatic heterocycles. The maximum Gasteiger partial charge on any atom is 0.243 e. The van der Waals surface area contributed by atoms with Gasteiger partial charge < -0.3 is 10.6 Å². The van der Waals surface area contributed by atoms with Gasteiger partial charge in [-0.25, -0.2) is 8.78 Å². The molecule has 0 unspecified atom stereocenters. The quantitative estimate of drug-likeness (QED) is 0.649. The van der Waals surface area contributed by atoms with E-state index in [1.165, 1.54) is 4.90 Å². The molecule has 0 spiro atoms. The number of alkyl halides is 2. The van der Waals surface area contributed by atoms with Crippen molar-refractivity contribution in [1.82, 2.24) is 4.90 Å². The van der Waals surface area contributed by atoms with Crippen LogP contribution in [0.1, 0.15) is 6.42 Å². The smallest absolute Gasteiger partial charge is 0.243 e. The largest absolute Gasteiger partial charge is 0.341 e. The van der Waals surface area contributed by atoms with Crippen LogP contribution in [0.15, 0.2) is 0 Å². The predicted octanol–water partition coefficient (Wildman–Crippen LogP) is 0.0587. The second-order valence-electron chi connectivity index (χ2n) is 2.93. The highest BCUT2D eigenvalue weighted by Gasteiger charge is 2.31. The first-order chi connectivity index (χ1) is 5.65. The van der Waals surface area contributed by atoms with E-state index in [-0.39, 0.29) is 19.0 Å². The van der Waals surface area contributed by atoms with Crippen LogP contribution in [0.5, 0.6) is 0 Å². The maximum atomic E-state index is 12.1. The van der Waals surface area contributed by atoms with Gasteiger partial charge in [0.05, 0.1) is 6.54 Å². The molecule has 12 heavy (non-hydrogen) atoms. The molecular formula is C7H12F2N2O. The predicted molar refractivity (Wildman–Crippen MR) is 39.7 cm³/mol. The Morgan fingerprint density at radius 2 is 2.33 bits per heavy atom. The van der Waals surface area contributed by atoms with Gasteiger partial charge in [0.1, 0.15) is 0 Å². The summed E-state index contributed by atoms with van der Waals surface area (Å²) in [6.07, 6.45) is -1.93. The van der Waals surface area contributed by atoms with Crippen LogP contribution < -0.4 is 5.73 Å². The van der Waals surface area contributed by atoms with Gasteiger partial charge in [-0.15, -0.1) is 0 Å². The summed E-state index contributed by atoms with van der Waals surface area (Å²) in [7, 11) is 0. The van der Waals surface area contributed by atoms with Crippen molar-refractivity contribution in [2.24, 2.45) is 11.7 Å². The molecule has 0 saturated carbocycles. The fraction of sp³-hybridized carbons (Fsp3) is 0.857. The summed E-state index contributed by atoms with van der Waals surface area (Å²) < 4.78 is 24.2. The molecule has 0 aromatic rings. The zero-order valence-electron chi connectivity index (χ0n) is 6.67. The lowest BCUT2D eigenvalue weighted by molar-refractivity contribution is -0.128. The van der Waals surface area contributed by atoms with E-state index >= 15 is 0 Å². The van der Waals surface area contributed by atoms with Crippen molar-refractivity contribution in [2.45, 2.75) is 12.8 Å². The third-order valence-electron chi connectivity index (χ3n) is 2.11. The summed E-state index contributed by atoms with van der Waals surface area (Å²) >= 11 is 0. The van der Waals surface area contributed by atoms with Crippen molar-refractivity contribution in [3.63, 3.8) is 0 Å².